The third kappa shape index (κ3) is 3.51. The monoisotopic (exact) mass is 442 g/mol. The number of carbonyl (C=O) groups is 1. The van der Waals surface area contributed by atoms with Gasteiger partial charge in [0.2, 0.25) is 11.6 Å². The van der Waals surface area contributed by atoms with Gasteiger partial charge in [-0.05, 0) is 57.4 Å². The Labute approximate surface area is 172 Å². The number of nitrogens with one attached hydrogen (secondary N) is 1. The Morgan fingerprint density at radius 1 is 1.29 bits per heavy atom. The van der Waals surface area contributed by atoms with E-state index in [0.29, 0.717) is 12.3 Å². The van der Waals surface area contributed by atoms with Crippen molar-refractivity contribution in [3.05, 3.63) is 45.9 Å². The van der Waals surface area contributed by atoms with Gasteiger partial charge in [-0.25, -0.2) is 9.97 Å². The number of furan rings is 1. The lowest BCUT2D eigenvalue weighted by Gasteiger charge is -2.33. The third-order valence-electron chi connectivity index (χ3n) is 5.46. The Morgan fingerprint density at radius 2 is 2.11 bits per heavy atom. The van der Waals surface area contributed by atoms with E-state index in [1.807, 2.05) is 39.0 Å². The van der Waals surface area contributed by atoms with Gasteiger partial charge in [-0.3, -0.25) is 4.79 Å². The first kappa shape index (κ1) is 18.9. The van der Waals surface area contributed by atoms with E-state index in [2.05, 4.69) is 36.1 Å². The van der Waals surface area contributed by atoms with Crippen LogP contribution in [-0.2, 0) is 4.79 Å². The van der Waals surface area contributed by atoms with Crippen molar-refractivity contribution in [3.8, 4) is 0 Å². The van der Waals surface area contributed by atoms with E-state index >= 15 is 0 Å². The summed E-state index contributed by atoms with van der Waals surface area (Å²) in [7, 11) is 0. The molecular formula is C21H23BrN4O2. The lowest BCUT2D eigenvalue weighted by molar-refractivity contribution is -0.120. The minimum atomic E-state index is -0.0870. The Morgan fingerprint density at radius 3 is 2.89 bits per heavy atom. The highest BCUT2D eigenvalue weighted by Crippen LogP contribution is 2.33. The molecule has 1 aromatic carbocycles. The molecule has 146 valence electrons. The fourth-order valence-corrected chi connectivity index (χ4v) is 4.00. The van der Waals surface area contributed by atoms with E-state index in [9.17, 15) is 4.79 Å². The molecule has 0 bridgehead atoms. The molecule has 0 unspecified atom stereocenters. The third-order valence-corrected chi connectivity index (χ3v) is 6.35. The summed E-state index contributed by atoms with van der Waals surface area (Å²) in [6.45, 7) is 7.48. The quantitative estimate of drug-likeness (QED) is 0.632. The predicted octanol–water partition coefficient (Wildman–Crippen LogP) is 4.77. The van der Waals surface area contributed by atoms with Crippen molar-refractivity contribution in [1.29, 1.82) is 0 Å². The van der Waals surface area contributed by atoms with Crippen LogP contribution in [0.4, 0.5) is 11.5 Å². The second kappa shape index (κ2) is 7.54. The van der Waals surface area contributed by atoms with Gasteiger partial charge in [0.25, 0.3) is 0 Å². The van der Waals surface area contributed by atoms with Crippen LogP contribution in [0.2, 0.25) is 0 Å². The van der Waals surface area contributed by atoms with Crippen molar-refractivity contribution in [2.24, 2.45) is 5.92 Å². The fourth-order valence-electron chi connectivity index (χ4n) is 3.75. The van der Waals surface area contributed by atoms with Gasteiger partial charge in [-0.2, -0.15) is 0 Å². The molecule has 7 heteroatoms. The molecular weight excluding hydrogens is 420 g/mol. The van der Waals surface area contributed by atoms with Gasteiger partial charge in [0.05, 0.1) is 11.3 Å². The van der Waals surface area contributed by atoms with E-state index in [1.165, 1.54) is 6.33 Å². The summed E-state index contributed by atoms with van der Waals surface area (Å²) in [4.78, 5) is 23.8. The molecule has 1 N–H and O–H groups in total. The number of carbonyl (C=O) groups excluding carboxylic acids is 1. The number of benzene rings is 1. The highest BCUT2D eigenvalue weighted by Gasteiger charge is 2.28. The van der Waals surface area contributed by atoms with Gasteiger partial charge in [-0.1, -0.05) is 15.9 Å². The maximum absolute atomic E-state index is 12.9. The van der Waals surface area contributed by atoms with Crippen molar-refractivity contribution >= 4 is 44.4 Å². The average molecular weight is 443 g/mol. The average Bonchev–Trinajstić information content (AvgIpc) is 2.99. The summed E-state index contributed by atoms with van der Waals surface area (Å²) in [5.41, 5.74) is 3.59. The largest absolute Gasteiger partial charge is 0.443 e. The number of hydrogen-bond donors (Lipinski definition) is 1. The standard InChI is InChI=1S/C21H23BrN4O2/c1-12-9-16(6-7-17(12)22)25-20(27)15-5-4-8-26(10-15)19-18-13(2)14(3)28-21(18)24-11-23-19/h6-7,9,11,15H,4-5,8,10H2,1-3H3,(H,25,27)/t15-/m0/s1. The van der Waals surface area contributed by atoms with E-state index in [1.54, 1.807) is 0 Å². The van der Waals surface area contributed by atoms with Crippen LogP contribution in [0.15, 0.2) is 33.4 Å². The molecule has 1 aliphatic rings. The molecule has 0 saturated carbocycles. The smallest absolute Gasteiger partial charge is 0.231 e. The summed E-state index contributed by atoms with van der Waals surface area (Å²) in [6, 6.07) is 5.86. The van der Waals surface area contributed by atoms with Gasteiger partial charge in [0, 0.05) is 28.8 Å². The number of fused-ring (bicyclic) bond motifs is 1. The zero-order valence-electron chi connectivity index (χ0n) is 16.3. The molecule has 1 aliphatic heterocycles. The van der Waals surface area contributed by atoms with Crippen LogP contribution in [0, 0.1) is 26.7 Å². The molecule has 0 radical (unpaired) electrons. The number of aryl methyl sites for hydroxylation is 3. The second-order valence-corrected chi connectivity index (χ2v) is 8.25. The molecule has 4 rings (SSSR count). The minimum Gasteiger partial charge on any atom is -0.443 e. The molecule has 1 atom stereocenters. The fraction of sp³-hybridized carbons (Fsp3) is 0.381. The number of halogens is 1. The molecule has 1 saturated heterocycles. The summed E-state index contributed by atoms with van der Waals surface area (Å²) in [6.07, 6.45) is 3.35. The molecule has 28 heavy (non-hydrogen) atoms. The summed E-state index contributed by atoms with van der Waals surface area (Å²) in [5.74, 6) is 1.68. The number of amides is 1. The van der Waals surface area contributed by atoms with E-state index in [-0.39, 0.29) is 11.8 Å². The van der Waals surface area contributed by atoms with Gasteiger partial charge in [-0.15, -0.1) is 0 Å². The van der Waals surface area contributed by atoms with E-state index in [0.717, 1.165) is 57.6 Å². The SMILES string of the molecule is Cc1cc(NC(=O)[C@H]2CCCN(c3ncnc4oc(C)c(C)c34)C2)ccc1Br. The number of piperidine rings is 1. The van der Waals surface area contributed by atoms with Crippen molar-refractivity contribution in [3.63, 3.8) is 0 Å². The number of hydrogen-bond acceptors (Lipinski definition) is 5. The zero-order valence-corrected chi connectivity index (χ0v) is 17.8. The maximum atomic E-state index is 12.9. The highest BCUT2D eigenvalue weighted by molar-refractivity contribution is 9.10. The molecule has 3 heterocycles. The van der Waals surface area contributed by atoms with Gasteiger partial charge in [0.1, 0.15) is 17.9 Å². The first-order chi connectivity index (χ1) is 13.4. The summed E-state index contributed by atoms with van der Waals surface area (Å²) >= 11 is 3.49. The van der Waals surface area contributed by atoms with E-state index in [4.69, 9.17) is 4.42 Å². The molecule has 3 aromatic rings. The molecule has 0 aliphatic carbocycles. The van der Waals surface area contributed by atoms with Crippen molar-refractivity contribution in [2.45, 2.75) is 33.6 Å². The zero-order chi connectivity index (χ0) is 19.8. The van der Waals surface area contributed by atoms with Gasteiger partial charge < -0.3 is 14.6 Å². The number of aromatic nitrogens is 2. The van der Waals surface area contributed by atoms with Crippen molar-refractivity contribution in [2.75, 3.05) is 23.3 Å². The van der Waals surface area contributed by atoms with Crippen LogP contribution in [-0.4, -0.2) is 29.0 Å². The van der Waals surface area contributed by atoms with Gasteiger partial charge in [0.15, 0.2) is 0 Å². The lowest BCUT2D eigenvalue weighted by atomic mass is 9.96. The molecule has 6 nitrogen and oxygen atoms in total. The Bertz CT molecular complexity index is 1050. The van der Waals surface area contributed by atoms with Crippen molar-refractivity contribution in [1.82, 2.24) is 9.97 Å². The molecule has 1 fully saturated rings. The van der Waals surface area contributed by atoms with Crippen LogP contribution >= 0.6 is 15.9 Å². The van der Waals surface area contributed by atoms with Crippen LogP contribution in [0.5, 0.6) is 0 Å². The summed E-state index contributed by atoms with van der Waals surface area (Å²) < 4.78 is 6.78. The Kier molecular flexibility index (Phi) is 5.10. The molecule has 0 spiro atoms. The summed E-state index contributed by atoms with van der Waals surface area (Å²) in [5, 5.41) is 4.02. The normalized spacial score (nSPS) is 17.1. The number of nitrogens with zero attached hydrogens (tertiary/aromatic N) is 3. The lowest BCUT2D eigenvalue weighted by Crippen LogP contribution is -2.41. The maximum Gasteiger partial charge on any atom is 0.231 e. The topological polar surface area (TPSA) is 71.3 Å². The second-order valence-electron chi connectivity index (χ2n) is 7.40. The molecule has 1 amide bonds. The van der Waals surface area contributed by atoms with E-state index < -0.39 is 0 Å². The van der Waals surface area contributed by atoms with Gasteiger partial charge >= 0.3 is 0 Å². The predicted molar refractivity (Wildman–Crippen MR) is 114 cm³/mol. The van der Waals surface area contributed by atoms with Crippen LogP contribution in [0.25, 0.3) is 11.1 Å². The number of rotatable bonds is 3. The number of anilines is 2. The van der Waals surface area contributed by atoms with Crippen LogP contribution < -0.4 is 10.2 Å². The van der Waals surface area contributed by atoms with Crippen LogP contribution in [0.1, 0.15) is 29.7 Å². The minimum absolute atomic E-state index is 0.0526. The Balaban J connectivity index is 1.55. The van der Waals surface area contributed by atoms with Crippen LogP contribution in [0.3, 0.4) is 0 Å². The Hall–Kier alpha value is -2.41. The van der Waals surface area contributed by atoms with Crippen molar-refractivity contribution < 1.29 is 9.21 Å². The molecule has 2 aromatic heterocycles. The first-order valence-electron chi connectivity index (χ1n) is 9.46. The first-order valence-corrected chi connectivity index (χ1v) is 10.3. The highest BCUT2D eigenvalue weighted by atomic mass is 79.9.